The Labute approximate surface area is 149 Å². The van der Waals surface area contributed by atoms with Gasteiger partial charge in [0.05, 0.1) is 12.2 Å². The lowest BCUT2D eigenvalue weighted by molar-refractivity contribution is 0.238. The van der Waals surface area contributed by atoms with E-state index in [1.54, 1.807) is 0 Å². The molecule has 2 amide bonds. The molecule has 1 aromatic heterocycles. The lowest BCUT2D eigenvalue weighted by atomic mass is 9.87. The first kappa shape index (κ1) is 17.5. The first-order valence-electron chi connectivity index (χ1n) is 9.17. The summed E-state index contributed by atoms with van der Waals surface area (Å²) >= 11 is 0. The minimum atomic E-state index is -0.109. The van der Waals surface area contributed by atoms with Crippen LogP contribution in [0, 0.1) is 19.8 Å². The van der Waals surface area contributed by atoms with Gasteiger partial charge >= 0.3 is 6.03 Å². The van der Waals surface area contributed by atoms with Gasteiger partial charge in [-0.3, -0.25) is 4.68 Å². The molecule has 0 aliphatic heterocycles. The van der Waals surface area contributed by atoms with Crippen LogP contribution >= 0.6 is 0 Å². The fourth-order valence-corrected chi connectivity index (χ4v) is 3.67. The van der Waals surface area contributed by atoms with Crippen molar-refractivity contribution in [2.75, 3.05) is 5.32 Å². The minimum Gasteiger partial charge on any atom is -0.335 e. The largest absolute Gasteiger partial charge is 0.335 e. The normalized spacial score (nSPS) is 20.3. The molecule has 0 radical (unpaired) electrons. The maximum atomic E-state index is 12.3. The van der Waals surface area contributed by atoms with Gasteiger partial charge in [-0.15, -0.1) is 0 Å². The summed E-state index contributed by atoms with van der Waals surface area (Å²) in [6.45, 7) is 7.02. The van der Waals surface area contributed by atoms with Gasteiger partial charge in [-0.1, -0.05) is 31.9 Å². The van der Waals surface area contributed by atoms with Crippen LogP contribution in [0.1, 0.15) is 49.6 Å². The molecule has 5 heteroatoms. The number of rotatable bonds is 4. The Morgan fingerprint density at radius 2 is 2.12 bits per heavy atom. The zero-order valence-corrected chi connectivity index (χ0v) is 15.4. The molecule has 1 aliphatic carbocycles. The van der Waals surface area contributed by atoms with Crippen LogP contribution in [0.15, 0.2) is 30.3 Å². The van der Waals surface area contributed by atoms with Crippen LogP contribution in [0.25, 0.3) is 0 Å². The second kappa shape index (κ2) is 7.72. The van der Waals surface area contributed by atoms with Gasteiger partial charge in [0.25, 0.3) is 0 Å². The van der Waals surface area contributed by atoms with E-state index < -0.39 is 0 Å². The van der Waals surface area contributed by atoms with Crippen molar-refractivity contribution in [1.82, 2.24) is 15.1 Å². The minimum absolute atomic E-state index is 0.109. The third-order valence-electron chi connectivity index (χ3n) is 4.89. The summed E-state index contributed by atoms with van der Waals surface area (Å²) in [5.74, 6) is 0.697. The van der Waals surface area contributed by atoms with Crippen molar-refractivity contribution >= 4 is 11.7 Å². The lowest BCUT2D eigenvalue weighted by Gasteiger charge is -2.27. The standard InChI is InChI=1S/C20H28N4O/c1-14-6-4-8-18(10-14)21-20(25)22-19-9-5-7-17(12-19)13-24-16(3)11-15(2)23-24/h5,7,9,11-12,14,18H,4,6,8,10,13H2,1-3H3,(H2,21,22,25). The van der Waals surface area contributed by atoms with Crippen LogP contribution in [0.4, 0.5) is 10.5 Å². The van der Waals surface area contributed by atoms with Crippen molar-refractivity contribution in [3.05, 3.63) is 47.3 Å². The van der Waals surface area contributed by atoms with E-state index in [1.807, 2.05) is 29.8 Å². The van der Waals surface area contributed by atoms with Crippen LogP contribution in [0.3, 0.4) is 0 Å². The third-order valence-corrected chi connectivity index (χ3v) is 4.89. The molecule has 2 aromatic rings. The average Bonchev–Trinajstić information content (AvgIpc) is 2.85. The van der Waals surface area contributed by atoms with E-state index in [1.165, 1.54) is 12.8 Å². The predicted molar refractivity (Wildman–Crippen MR) is 101 cm³/mol. The summed E-state index contributed by atoms with van der Waals surface area (Å²) in [6, 6.07) is 10.2. The summed E-state index contributed by atoms with van der Waals surface area (Å²) < 4.78 is 1.98. The molecule has 25 heavy (non-hydrogen) atoms. The van der Waals surface area contributed by atoms with E-state index in [0.29, 0.717) is 18.5 Å². The predicted octanol–water partition coefficient (Wildman–Crippen LogP) is 4.25. The molecule has 1 aromatic carbocycles. The van der Waals surface area contributed by atoms with Gasteiger partial charge in [0.15, 0.2) is 0 Å². The first-order chi connectivity index (χ1) is 12.0. The first-order valence-corrected chi connectivity index (χ1v) is 9.17. The summed E-state index contributed by atoms with van der Waals surface area (Å²) in [4.78, 5) is 12.3. The van der Waals surface area contributed by atoms with Crippen LogP contribution in [-0.2, 0) is 6.54 Å². The van der Waals surface area contributed by atoms with Gasteiger partial charge in [-0.2, -0.15) is 5.10 Å². The Morgan fingerprint density at radius 1 is 1.28 bits per heavy atom. The highest BCUT2D eigenvalue weighted by molar-refractivity contribution is 5.89. The second-order valence-electron chi connectivity index (χ2n) is 7.35. The maximum Gasteiger partial charge on any atom is 0.319 e. The van der Waals surface area contributed by atoms with E-state index in [4.69, 9.17) is 0 Å². The summed E-state index contributed by atoms with van der Waals surface area (Å²) in [7, 11) is 0. The van der Waals surface area contributed by atoms with Gasteiger partial charge in [-0.25, -0.2) is 4.79 Å². The van der Waals surface area contributed by atoms with E-state index in [2.05, 4.69) is 41.7 Å². The molecule has 3 rings (SSSR count). The van der Waals surface area contributed by atoms with Crippen molar-refractivity contribution in [3.8, 4) is 0 Å². The number of aromatic nitrogens is 2. The average molecular weight is 340 g/mol. The highest BCUT2D eigenvalue weighted by Gasteiger charge is 2.20. The Kier molecular flexibility index (Phi) is 5.41. The molecule has 5 nitrogen and oxygen atoms in total. The van der Waals surface area contributed by atoms with Crippen LogP contribution < -0.4 is 10.6 Å². The van der Waals surface area contributed by atoms with Crippen LogP contribution in [0.5, 0.6) is 0 Å². The van der Waals surface area contributed by atoms with E-state index >= 15 is 0 Å². The summed E-state index contributed by atoms with van der Waals surface area (Å²) in [5, 5.41) is 10.6. The monoisotopic (exact) mass is 340 g/mol. The molecule has 1 saturated carbocycles. The van der Waals surface area contributed by atoms with Crippen molar-refractivity contribution in [2.24, 2.45) is 5.92 Å². The number of nitrogens with one attached hydrogen (secondary N) is 2. The van der Waals surface area contributed by atoms with Crippen LogP contribution in [0.2, 0.25) is 0 Å². The number of carbonyl (C=O) groups is 1. The summed E-state index contributed by atoms with van der Waals surface area (Å²) in [5.41, 5.74) is 4.10. The third kappa shape index (κ3) is 4.84. The molecular weight excluding hydrogens is 312 g/mol. The molecule has 1 aliphatic rings. The molecule has 2 atom stereocenters. The van der Waals surface area contributed by atoms with Gasteiger partial charge in [0, 0.05) is 17.4 Å². The maximum absolute atomic E-state index is 12.3. The number of carbonyl (C=O) groups excluding carboxylic acids is 1. The molecule has 0 bridgehead atoms. The highest BCUT2D eigenvalue weighted by Crippen LogP contribution is 2.23. The topological polar surface area (TPSA) is 59.0 Å². The van der Waals surface area contributed by atoms with Gasteiger partial charge < -0.3 is 10.6 Å². The Balaban J connectivity index is 1.59. The number of hydrogen-bond donors (Lipinski definition) is 2. The number of amides is 2. The molecule has 0 spiro atoms. The fraction of sp³-hybridized carbons (Fsp3) is 0.500. The number of hydrogen-bond acceptors (Lipinski definition) is 2. The van der Waals surface area contributed by atoms with Gasteiger partial charge in [0.1, 0.15) is 0 Å². The van der Waals surface area contributed by atoms with Gasteiger partial charge in [0.2, 0.25) is 0 Å². The SMILES string of the molecule is Cc1cc(C)n(Cc2cccc(NC(=O)NC3CCCC(C)C3)c2)n1. The Hall–Kier alpha value is -2.30. The molecule has 134 valence electrons. The van der Waals surface area contributed by atoms with Crippen molar-refractivity contribution in [2.45, 2.75) is 59.0 Å². The number of aryl methyl sites for hydroxylation is 2. The zero-order valence-electron chi connectivity index (χ0n) is 15.4. The molecule has 0 saturated heterocycles. The molecule has 1 heterocycles. The Morgan fingerprint density at radius 3 is 2.84 bits per heavy atom. The van der Waals surface area contributed by atoms with Gasteiger partial charge in [-0.05, 0) is 56.4 Å². The smallest absolute Gasteiger partial charge is 0.319 e. The fourth-order valence-electron chi connectivity index (χ4n) is 3.67. The van der Waals surface area contributed by atoms with Crippen molar-refractivity contribution < 1.29 is 4.79 Å². The van der Waals surface area contributed by atoms with Crippen molar-refractivity contribution in [1.29, 1.82) is 0 Å². The molecule has 2 unspecified atom stereocenters. The Bertz CT molecular complexity index is 737. The number of anilines is 1. The lowest BCUT2D eigenvalue weighted by Crippen LogP contribution is -2.40. The van der Waals surface area contributed by atoms with E-state index in [-0.39, 0.29) is 6.03 Å². The summed E-state index contributed by atoms with van der Waals surface area (Å²) in [6.07, 6.45) is 4.62. The van der Waals surface area contributed by atoms with Crippen molar-refractivity contribution in [3.63, 3.8) is 0 Å². The van der Waals surface area contributed by atoms with E-state index in [0.717, 1.165) is 35.5 Å². The highest BCUT2D eigenvalue weighted by atomic mass is 16.2. The molecular formula is C20H28N4O. The number of nitrogens with zero attached hydrogens (tertiary/aromatic N) is 2. The van der Waals surface area contributed by atoms with Crippen LogP contribution in [-0.4, -0.2) is 21.9 Å². The second-order valence-corrected chi connectivity index (χ2v) is 7.35. The number of benzene rings is 1. The molecule has 1 fully saturated rings. The zero-order chi connectivity index (χ0) is 17.8. The van der Waals surface area contributed by atoms with E-state index in [9.17, 15) is 4.79 Å². The number of urea groups is 1. The quantitative estimate of drug-likeness (QED) is 0.874. The molecule has 2 N–H and O–H groups in total.